The monoisotopic (exact) mass is 439 g/mol. The van der Waals surface area contributed by atoms with Crippen molar-refractivity contribution < 1.29 is 9.59 Å². The summed E-state index contributed by atoms with van der Waals surface area (Å²) in [4.78, 5) is 34.5. The lowest BCUT2D eigenvalue weighted by molar-refractivity contribution is -0.123. The van der Waals surface area contributed by atoms with Crippen LogP contribution in [0.3, 0.4) is 0 Å². The van der Waals surface area contributed by atoms with Crippen molar-refractivity contribution in [2.75, 3.05) is 6.54 Å². The number of nitrogens with two attached hydrogens (primary N) is 1. The zero-order chi connectivity index (χ0) is 22.8. The van der Waals surface area contributed by atoms with Gasteiger partial charge in [0, 0.05) is 47.8 Å². The number of hydrogen-bond acceptors (Lipinski definition) is 5. The third-order valence-electron chi connectivity index (χ3n) is 6.06. The van der Waals surface area contributed by atoms with E-state index in [0.29, 0.717) is 11.1 Å². The van der Waals surface area contributed by atoms with Gasteiger partial charge in [-0.05, 0) is 49.5 Å². The number of carbonyl (C=O) groups excluding carboxylic acids is 2. The fraction of sp³-hybridized carbons (Fsp3) is 0.231. The maximum Gasteiger partial charge on any atom is 0.261 e. The smallest absolute Gasteiger partial charge is 0.261 e. The van der Waals surface area contributed by atoms with Gasteiger partial charge in [0.1, 0.15) is 5.65 Å². The number of aliphatic imine (C=N–C) groups is 1. The summed E-state index contributed by atoms with van der Waals surface area (Å²) in [6, 6.07) is 14.1. The van der Waals surface area contributed by atoms with Crippen molar-refractivity contribution in [1.82, 2.24) is 14.9 Å². The number of nitrogens with one attached hydrogen (secondary N) is 1. The molecule has 1 aromatic carbocycles. The van der Waals surface area contributed by atoms with Crippen molar-refractivity contribution in [3.8, 4) is 0 Å². The van der Waals surface area contributed by atoms with Crippen molar-refractivity contribution in [2.45, 2.75) is 32.2 Å². The van der Waals surface area contributed by atoms with Gasteiger partial charge < -0.3 is 10.3 Å². The highest BCUT2D eigenvalue weighted by Gasteiger charge is 2.34. The van der Waals surface area contributed by atoms with Crippen LogP contribution in [0.1, 0.15) is 30.4 Å². The maximum absolute atomic E-state index is 12.9. The standard InChI is InChI=1S/C26H25N5O2/c27-21(15-18-10-4-12-28-18)23-22(25(32)30-26(23)33)20-16-31(24-19(20)11-5-13-29-24)14-6-9-17-7-2-1-3-8-17/h1-3,5,7-8,11,13,15-16H,4,6,9-10,12,14,27H2,(H,30,32,33). The van der Waals surface area contributed by atoms with E-state index in [1.165, 1.54) is 5.56 Å². The highest BCUT2D eigenvalue weighted by atomic mass is 16.2. The third-order valence-corrected chi connectivity index (χ3v) is 6.06. The number of hydrogen-bond donors (Lipinski definition) is 2. The number of rotatable bonds is 7. The van der Waals surface area contributed by atoms with E-state index >= 15 is 0 Å². The number of carbonyl (C=O) groups is 2. The van der Waals surface area contributed by atoms with Gasteiger partial charge in [-0.3, -0.25) is 19.9 Å². The number of nitrogens with zero attached hydrogens (tertiary/aromatic N) is 3. The average molecular weight is 440 g/mol. The third kappa shape index (κ3) is 4.09. The van der Waals surface area contributed by atoms with Gasteiger partial charge in [-0.2, -0.15) is 0 Å². The molecule has 5 rings (SSSR count). The van der Waals surface area contributed by atoms with Gasteiger partial charge in [-0.1, -0.05) is 30.3 Å². The normalized spacial score (nSPS) is 16.6. The zero-order valence-electron chi connectivity index (χ0n) is 18.3. The van der Waals surface area contributed by atoms with E-state index in [-0.39, 0.29) is 11.3 Å². The second kappa shape index (κ2) is 8.86. The predicted molar refractivity (Wildman–Crippen MR) is 128 cm³/mol. The van der Waals surface area contributed by atoms with Crippen LogP contribution in [-0.2, 0) is 22.6 Å². The van der Waals surface area contributed by atoms with Gasteiger partial charge in [0.05, 0.1) is 11.1 Å². The molecule has 2 aliphatic rings. The Balaban J connectivity index is 1.53. The summed E-state index contributed by atoms with van der Waals surface area (Å²) in [7, 11) is 0. The molecular weight excluding hydrogens is 414 g/mol. The molecule has 0 spiro atoms. The van der Waals surface area contributed by atoms with Gasteiger partial charge in [-0.15, -0.1) is 0 Å². The number of aryl methyl sites for hydroxylation is 2. The quantitative estimate of drug-likeness (QED) is 0.552. The van der Waals surface area contributed by atoms with Gasteiger partial charge in [0.15, 0.2) is 0 Å². The second-order valence-corrected chi connectivity index (χ2v) is 8.31. The Hall–Kier alpha value is -4.00. The van der Waals surface area contributed by atoms with Crippen LogP contribution in [-0.4, -0.2) is 33.6 Å². The number of aromatic nitrogens is 2. The lowest BCUT2D eigenvalue weighted by Gasteiger charge is -2.05. The van der Waals surface area contributed by atoms with Crippen LogP contribution in [0.5, 0.6) is 0 Å². The first-order chi connectivity index (χ1) is 16.1. The number of imide groups is 1. The Morgan fingerprint density at radius 1 is 1.12 bits per heavy atom. The van der Waals surface area contributed by atoms with E-state index in [2.05, 4.69) is 32.0 Å². The van der Waals surface area contributed by atoms with E-state index in [1.54, 1.807) is 12.3 Å². The minimum Gasteiger partial charge on any atom is -0.398 e. The molecule has 2 aromatic heterocycles. The molecule has 0 bridgehead atoms. The largest absolute Gasteiger partial charge is 0.398 e. The number of allylic oxidation sites excluding steroid dienone is 1. The molecule has 4 heterocycles. The van der Waals surface area contributed by atoms with Crippen LogP contribution in [0.2, 0.25) is 0 Å². The second-order valence-electron chi connectivity index (χ2n) is 8.31. The molecule has 0 saturated carbocycles. The first-order valence-electron chi connectivity index (χ1n) is 11.2. The molecule has 0 radical (unpaired) electrons. The number of amides is 2. The van der Waals surface area contributed by atoms with Crippen LogP contribution >= 0.6 is 0 Å². The number of benzene rings is 1. The van der Waals surface area contributed by atoms with Crippen molar-refractivity contribution in [3.05, 3.63) is 83.3 Å². The summed E-state index contributed by atoms with van der Waals surface area (Å²) in [5.41, 5.74) is 10.7. The van der Waals surface area contributed by atoms with Crippen molar-refractivity contribution in [1.29, 1.82) is 0 Å². The summed E-state index contributed by atoms with van der Waals surface area (Å²) < 4.78 is 2.05. The Bertz CT molecular complexity index is 1330. The maximum atomic E-state index is 12.9. The van der Waals surface area contributed by atoms with Gasteiger partial charge in [0.2, 0.25) is 0 Å². The Kier molecular flexibility index (Phi) is 5.60. The number of pyridine rings is 1. The van der Waals surface area contributed by atoms with Crippen LogP contribution in [0, 0.1) is 0 Å². The average Bonchev–Trinajstić information content (AvgIpc) is 3.52. The van der Waals surface area contributed by atoms with Crippen LogP contribution < -0.4 is 11.1 Å². The van der Waals surface area contributed by atoms with Crippen LogP contribution in [0.15, 0.2) is 77.2 Å². The van der Waals surface area contributed by atoms with E-state index in [0.717, 1.165) is 55.5 Å². The van der Waals surface area contributed by atoms with Gasteiger partial charge in [0.25, 0.3) is 11.8 Å². The molecule has 7 heteroatoms. The van der Waals surface area contributed by atoms with Gasteiger partial charge >= 0.3 is 0 Å². The van der Waals surface area contributed by atoms with Crippen LogP contribution in [0.25, 0.3) is 16.6 Å². The summed E-state index contributed by atoms with van der Waals surface area (Å²) in [6.07, 6.45) is 9.02. The van der Waals surface area contributed by atoms with Gasteiger partial charge in [-0.25, -0.2) is 4.98 Å². The molecule has 166 valence electrons. The molecule has 0 unspecified atom stereocenters. The highest BCUT2D eigenvalue weighted by molar-refractivity contribution is 6.38. The predicted octanol–water partition coefficient (Wildman–Crippen LogP) is 3.16. The molecule has 0 fully saturated rings. The molecule has 0 atom stereocenters. The Morgan fingerprint density at radius 3 is 2.76 bits per heavy atom. The lowest BCUT2D eigenvalue weighted by Crippen LogP contribution is -2.24. The first-order valence-corrected chi connectivity index (χ1v) is 11.2. The minimum atomic E-state index is -0.476. The zero-order valence-corrected chi connectivity index (χ0v) is 18.3. The topological polar surface area (TPSA) is 102 Å². The summed E-state index contributed by atoms with van der Waals surface area (Å²) in [6.45, 7) is 1.50. The molecular formula is C26H25N5O2. The first kappa shape index (κ1) is 20.9. The fourth-order valence-electron chi connectivity index (χ4n) is 4.51. The Morgan fingerprint density at radius 2 is 1.97 bits per heavy atom. The fourth-order valence-corrected chi connectivity index (χ4v) is 4.51. The molecule has 2 aliphatic heterocycles. The van der Waals surface area contributed by atoms with Crippen molar-refractivity contribution in [3.63, 3.8) is 0 Å². The lowest BCUT2D eigenvalue weighted by atomic mass is 9.99. The van der Waals surface area contributed by atoms with E-state index in [4.69, 9.17) is 5.73 Å². The molecule has 0 saturated heterocycles. The molecule has 3 aromatic rings. The number of fused-ring (bicyclic) bond motifs is 1. The molecule has 33 heavy (non-hydrogen) atoms. The van der Waals surface area contributed by atoms with Crippen LogP contribution in [0.4, 0.5) is 0 Å². The highest BCUT2D eigenvalue weighted by Crippen LogP contribution is 2.33. The minimum absolute atomic E-state index is 0.210. The SMILES string of the molecule is NC(=CC1=NCCC1)C1=C(c2cn(CCCc3ccccc3)c3ncccc23)C(=O)NC1=O. The van der Waals surface area contributed by atoms with Crippen molar-refractivity contribution in [2.24, 2.45) is 10.7 Å². The van der Waals surface area contributed by atoms with E-state index in [1.807, 2.05) is 36.5 Å². The van der Waals surface area contributed by atoms with E-state index < -0.39 is 11.8 Å². The summed E-state index contributed by atoms with van der Waals surface area (Å²) in [5.74, 6) is -0.914. The summed E-state index contributed by atoms with van der Waals surface area (Å²) in [5, 5.41) is 3.24. The van der Waals surface area contributed by atoms with E-state index in [9.17, 15) is 9.59 Å². The van der Waals surface area contributed by atoms with Crippen molar-refractivity contribution >= 4 is 34.1 Å². The Labute approximate surface area is 191 Å². The molecule has 7 nitrogen and oxygen atoms in total. The summed E-state index contributed by atoms with van der Waals surface area (Å²) >= 11 is 0. The molecule has 0 aliphatic carbocycles. The molecule has 2 amide bonds. The molecule has 3 N–H and O–H groups in total.